The number of ether oxygens (including phenoxy) is 2. The van der Waals surface area contributed by atoms with E-state index in [9.17, 15) is 0 Å². The molecule has 0 aliphatic carbocycles. The van der Waals surface area contributed by atoms with Crippen LogP contribution in [0.5, 0.6) is 17.2 Å². The molecule has 0 heterocycles. The van der Waals surface area contributed by atoms with Crippen LogP contribution in [-0.2, 0) is 0 Å². The van der Waals surface area contributed by atoms with Crippen LogP contribution in [0.2, 0.25) is 0 Å². The Morgan fingerprint density at radius 2 is 1.15 bits per heavy atom. The standard InChI is InChI=1S/C13H7Br5O2/c1-19-11-5-7(15)4-10(18)13(11)20-12-8(16)2-6(14)3-9(12)17/h2-5H,1H3. The summed E-state index contributed by atoms with van der Waals surface area (Å²) < 4.78 is 15.7. The second kappa shape index (κ2) is 7.13. The molecule has 0 saturated carbocycles. The van der Waals surface area contributed by atoms with Crippen LogP contribution in [0, 0.1) is 0 Å². The molecule has 0 unspecified atom stereocenters. The Bertz CT molecular complexity index is 634. The van der Waals surface area contributed by atoms with Crippen molar-refractivity contribution in [2.45, 2.75) is 0 Å². The lowest BCUT2D eigenvalue weighted by atomic mass is 10.3. The van der Waals surface area contributed by atoms with Gasteiger partial charge in [-0.05, 0) is 72.1 Å². The molecule has 0 bridgehead atoms. The SMILES string of the molecule is COc1cc(Br)cc(Br)c1Oc1c(Br)cc(Br)cc1Br. The van der Waals surface area contributed by atoms with Crippen molar-refractivity contribution >= 4 is 79.6 Å². The van der Waals surface area contributed by atoms with Crippen molar-refractivity contribution in [1.82, 2.24) is 0 Å². The average Bonchev–Trinajstić information content (AvgIpc) is 2.34. The van der Waals surface area contributed by atoms with E-state index in [0.717, 1.165) is 22.4 Å². The molecule has 106 valence electrons. The number of benzene rings is 2. The third-order valence-electron chi connectivity index (χ3n) is 2.36. The van der Waals surface area contributed by atoms with Crippen LogP contribution in [0.3, 0.4) is 0 Å². The number of hydrogen-bond donors (Lipinski definition) is 0. The van der Waals surface area contributed by atoms with Gasteiger partial charge in [0.25, 0.3) is 0 Å². The van der Waals surface area contributed by atoms with Gasteiger partial charge in [-0.15, -0.1) is 0 Å². The van der Waals surface area contributed by atoms with Gasteiger partial charge in [-0.25, -0.2) is 0 Å². The number of rotatable bonds is 3. The van der Waals surface area contributed by atoms with E-state index in [1.54, 1.807) is 7.11 Å². The molecule has 0 saturated heterocycles. The first-order valence-electron chi connectivity index (χ1n) is 5.27. The van der Waals surface area contributed by atoms with E-state index in [0.29, 0.717) is 17.2 Å². The van der Waals surface area contributed by atoms with Crippen LogP contribution >= 0.6 is 79.6 Å². The molecule has 2 aromatic rings. The molecular weight excluding hydrogens is 588 g/mol. The Kier molecular flexibility index (Phi) is 5.99. The number of hydrogen-bond acceptors (Lipinski definition) is 2. The zero-order valence-electron chi connectivity index (χ0n) is 10.0. The largest absolute Gasteiger partial charge is 0.493 e. The van der Waals surface area contributed by atoms with E-state index < -0.39 is 0 Å². The maximum absolute atomic E-state index is 6.00. The minimum Gasteiger partial charge on any atom is -0.493 e. The lowest BCUT2D eigenvalue weighted by Crippen LogP contribution is -1.93. The molecule has 0 fully saturated rings. The van der Waals surface area contributed by atoms with Crippen LogP contribution < -0.4 is 9.47 Å². The summed E-state index contributed by atoms with van der Waals surface area (Å²) in [5.74, 6) is 1.92. The second-order valence-corrected chi connectivity index (χ2v) is 8.11. The van der Waals surface area contributed by atoms with Gasteiger partial charge in [0.2, 0.25) is 0 Å². The first-order valence-corrected chi connectivity index (χ1v) is 9.24. The highest BCUT2D eigenvalue weighted by Crippen LogP contribution is 2.45. The average molecular weight is 595 g/mol. The summed E-state index contributed by atoms with van der Waals surface area (Å²) in [4.78, 5) is 0. The molecule has 0 atom stereocenters. The van der Waals surface area contributed by atoms with Gasteiger partial charge in [-0.2, -0.15) is 0 Å². The molecule has 0 aliphatic heterocycles. The van der Waals surface area contributed by atoms with Gasteiger partial charge in [0.15, 0.2) is 17.2 Å². The first kappa shape index (κ1) is 16.8. The predicted molar refractivity (Wildman–Crippen MR) is 98.0 cm³/mol. The Hall–Kier alpha value is 0.440. The van der Waals surface area contributed by atoms with Crippen molar-refractivity contribution in [1.29, 1.82) is 0 Å². The highest BCUT2D eigenvalue weighted by atomic mass is 79.9. The lowest BCUT2D eigenvalue weighted by Gasteiger charge is -2.15. The van der Waals surface area contributed by atoms with Crippen LogP contribution in [0.15, 0.2) is 46.6 Å². The van der Waals surface area contributed by atoms with Gasteiger partial charge in [0.05, 0.1) is 20.5 Å². The molecule has 0 amide bonds. The summed E-state index contributed by atoms with van der Waals surface area (Å²) in [5.41, 5.74) is 0. The van der Waals surface area contributed by atoms with E-state index in [-0.39, 0.29) is 0 Å². The van der Waals surface area contributed by atoms with Gasteiger partial charge in [-0.3, -0.25) is 0 Å². The smallest absolute Gasteiger partial charge is 0.183 e. The van der Waals surface area contributed by atoms with Gasteiger partial charge in [-0.1, -0.05) is 31.9 Å². The van der Waals surface area contributed by atoms with Gasteiger partial charge < -0.3 is 9.47 Å². The molecule has 2 nitrogen and oxygen atoms in total. The highest BCUT2D eigenvalue weighted by Gasteiger charge is 2.16. The van der Waals surface area contributed by atoms with E-state index in [2.05, 4.69) is 79.6 Å². The summed E-state index contributed by atoms with van der Waals surface area (Å²) in [6, 6.07) is 7.58. The quantitative estimate of drug-likeness (QED) is 0.371. The predicted octanol–water partition coefficient (Wildman–Crippen LogP) is 7.30. The highest BCUT2D eigenvalue weighted by molar-refractivity contribution is 9.12. The zero-order chi connectivity index (χ0) is 14.9. The third kappa shape index (κ3) is 3.80. The summed E-state index contributed by atoms with van der Waals surface area (Å²) >= 11 is 17.3. The van der Waals surface area contributed by atoms with Crippen LogP contribution in [0.1, 0.15) is 0 Å². The molecule has 0 spiro atoms. The minimum absolute atomic E-state index is 0.611. The fourth-order valence-electron chi connectivity index (χ4n) is 1.52. The number of halogens is 5. The fraction of sp³-hybridized carbons (Fsp3) is 0.0769. The fourth-order valence-corrected chi connectivity index (χ4v) is 5.20. The maximum Gasteiger partial charge on any atom is 0.183 e. The summed E-state index contributed by atoms with van der Waals surface area (Å²) in [7, 11) is 1.60. The van der Waals surface area contributed by atoms with Gasteiger partial charge >= 0.3 is 0 Å². The third-order valence-corrected chi connectivity index (χ3v) is 5.04. The minimum atomic E-state index is 0.611. The first-order chi connectivity index (χ1) is 9.42. The van der Waals surface area contributed by atoms with Crippen molar-refractivity contribution < 1.29 is 9.47 Å². The molecular formula is C13H7Br5O2. The second-order valence-electron chi connectivity index (χ2n) is 3.72. The molecule has 2 aromatic carbocycles. The molecule has 0 radical (unpaired) electrons. The Morgan fingerprint density at radius 1 is 0.700 bits per heavy atom. The Morgan fingerprint density at radius 3 is 1.65 bits per heavy atom. The van der Waals surface area contributed by atoms with E-state index >= 15 is 0 Å². The van der Waals surface area contributed by atoms with Crippen LogP contribution in [0.4, 0.5) is 0 Å². The Balaban J connectivity index is 2.50. The maximum atomic E-state index is 6.00. The van der Waals surface area contributed by atoms with Gasteiger partial charge in [0, 0.05) is 8.95 Å². The van der Waals surface area contributed by atoms with Crippen molar-refractivity contribution in [3.05, 3.63) is 46.6 Å². The molecule has 0 aromatic heterocycles. The zero-order valence-corrected chi connectivity index (χ0v) is 17.9. The van der Waals surface area contributed by atoms with Crippen molar-refractivity contribution in [2.75, 3.05) is 7.11 Å². The van der Waals surface area contributed by atoms with E-state index in [1.165, 1.54) is 0 Å². The van der Waals surface area contributed by atoms with Crippen molar-refractivity contribution in [3.63, 3.8) is 0 Å². The lowest BCUT2D eigenvalue weighted by molar-refractivity contribution is 0.376. The van der Waals surface area contributed by atoms with Crippen molar-refractivity contribution in [3.8, 4) is 17.2 Å². The summed E-state index contributed by atoms with van der Waals surface area (Å²) in [6.07, 6.45) is 0. The van der Waals surface area contributed by atoms with E-state index in [4.69, 9.17) is 9.47 Å². The van der Waals surface area contributed by atoms with Crippen LogP contribution in [-0.4, -0.2) is 7.11 Å². The molecule has 0 aliphatic rings. The van der Waals surface area contributed by atoms with Gasteiger partial charge in [0.1, 0.15) is 0 Å². The number of methoxy groups -OCH3 is 1. The molecule has 20 heavy (non-hydrogen) atoms. The molecule has 2 rings (SSSR count). The summed E-state index contributed by atoms with van der Waals surface area (Å²) in [5, 5.41) is 0. The van der Waals surface area contributed by atoms with Crippen LogP contribution in [0.25, 0.3) is 0 Å². The monoisotopic (exact) mass is 590 g/mol. The molecule has 7 heteroatoms. The van der Waals surface area contributed by atoms with E-state index in [1.807, 2.05) is 24.3 Å². The normalized spacial score (nSPS) is 10.5. The molecule has 0 N–H and O–H groups in total. The summed E-state index contributed by atoms with van der Waals surface area (Å²) in [6.45, 7) is 0. The Labute approximate surface area is 158 Å². The topological polar surface area (TPSA) is 18.5 Å². The van der Waals surface area contributed by atoms with Crippen molar-refractivity contribution in [2.24, 2.45) is 0 Å².